The lowest BCUT2D eigenvalue weighted by molar-refractivity contribution is -0.137. The van der Waals surface area contributed by atoms with Crippen molar-refractivity contribution in [2.45, 2.75) is 6.18 Å². The Hall–Kier alpha value is -2.02. The largest absolute Gasteiger partial charge is 0.417 e. The number of nitrogens with one attached hydrogen (secondary N) is 1. The monoisotopic (exact) mass is 288 g/mol. The van der Waals surface area contributed by atoms with Crippen LogP contribution in [0.2, 0.25) is 5.02 Å². The molecule has 19 heavy (non-hydrogen) atoms. The second kappa shape index (κ2) is 4.58. The first-order valence-corrected chi connectivity index (χ1v) is 5.43. The predicted molar refractivity (Wildman–Crippen MR) is 64.6 cm³/mol. The van der Waals surface area contributed by atoms with Crippen molar-refractivity contribution in [3.8, 4) is 5.69 Å². The standard InChI is InChI=1S/C11H8ClF3N4/c12-6-4-18-19(5-6)7-1-2-9(11(13,14)15)8(3-7)10(16)17/h1-5H,(H3,16,17). The van der Waals surface area contributed by atoms with Crippen molar-refractivity contribution < 1.29 is 13.2 Å². The van der Waals surface area contributed by atoms with Crippen LogP contribution in [0, 0.1) is 5.41 Å². The molecule has 0 spiro atoms. The Labute approximate surface area is 111 Å². The highest BCUT2D eigenvalue weighted by Crippen LogP contribution is 2.32. The smallest absolute Gasteiger partial charge is 0.384 e. The van der Waals surface area contributed by atoms with Gasteiger partial charge in [-0.3, -0.25) is 5.41 Å². The fourth-order valence-corrected chi connectivity index (χ4v) is 1.72. The summed E-state index contributed by atoms with van der Waals surface area (Å²) in [4.78, 5) is 0. The van der Waals surface area contributed by atoms with Gasteiger partial charge in [-0.1, -0.05) is 11.6 Å². The molecule has 2 aromatic rings. The average Bonchev–Trinajstić information content (AvgIpc) is 2.74. The summed E-state index contributed by atoms with van der Waals surface area (Å²) in [5.41, 5.74) is 4.18. The maximum atomic E-state index is 12.8. The zero-order chi connectivity index (χ0) is 14.2. The van der Waals surface area contributed by atoms with Crippen LogP contribution < -0.4 is 5.73 Å². The number of amidine groups is 1. The van der Waals surface area contributed by atoms with Gasteiger partial charge >= 0.3 is 6.18 Å². The van der Waals surface area contributed by atoms with Gasteiger partial charge in [-0.25, -0.2) is 4.68 Å². The lowest BCUT2D eigenvalue weighted by Crippen LogP contribution is -2.19. The van der Waals surface area contributed by atoms with Crippen molar-refractivity contribution >= 4 is 17.4 Å². The molecule has 1 aromatic heterocycles. The van der Waals surface area contributed by atoms with Gasteiger partial charge in [-0.05, 0) is 18.2 Å². The van der Waals surface area contributed by atoms with E-state index < -0.39 is 23.1 Å². The highest BCUT2D eigenvalue weighted by atomic mass is 35.5. The van der Waals surface area contributed by atoms with E-state index in [1.54, 1.807) is 0 Å². The van der Waals surface area contributed by atoms with Crippen molar-refractivity contribution in [3.05, 3.63) is 46.7 Å². The second-order valence-electron chi connectivity index (χ2n) is 3.74. The van der Waals surface area contributed by atoms with Crippen molar-refractivity contribution in [1.82, 2.24) is 9.78 Å². The first kappa shape index (κ1) is 13.4. The van der Waals surface area contributed by atoms with E-state index >= 15 is 0 Å². The summed E-state index contributed by atoms with van der Waals surface area (Å²) < 4.78 is 39.6. The van der Waals surface area contributed by atoms with E-state index in [1.807, 2.05) is 0 Å². The molecular formula is C11H8ClF3N4. The van der Waals surface area contributed by atoms with Crippen molar-refractivity contribution in [1.29, 1.82) is 5.41 Å². The van der Waals surface area contributed by atoms with Gasteiger partial charge in [0.15, 0.2) is 0 Å². The molecule has 0 fully saturated rings. The van der Waals surface area contributed by atoms with Crippen LogP contribution in [-0.4, -0.2) is 15.6 Å². The second-order valence-corrected chi connectivity index (χ2v) is 4.18. The molecule has 2 rings (SSSR count). The number of rotatable bonds is 2. The number of halogens is 4. The van der Waals surface area contributed by atoms with Gasteiger partial charge in [0.05, 0.1) is 22.5 Å². The molecule has 0 aliphatic heterocycles. The maximum absolute atomic E-state index is 12.8. The maximum Gasteiger partial charge on any atom is 0.417 e. The third-order valence-electron chi connectivity index (χ3n) is 2.41. The lowest BCUT2D eigenvalue weighted by atomic mass is 10.1. The predicted octanol–water partition coefficient (Wildman–Crippen LogP) is 2.83. The zero-order valence-electron chi connectivity index (χ0n) is 9.37. The van der Waals surface area contributed by atoms with Crippen LogP contribution in [-0.2, 0) is 6.18 Å². The molecule has 0 unspecified atom stereocenters. The SMILES string of the molecule is N=C(N)c1cc(-n2cc(Cl)cn2)ccc1C(F)(F)F. The number of nitrogens with two attached hydrogens (primary N) is 1. The number of nitrogens with zero attached hydrogens (tertiary/aromatic N) is 2. The van der Waals surface area contributed by atoms with E-state index in [4.69, 9.17) is 22.7 Å². The third-order valence-corrected chi connectivity index (χ3v) is 2.61. The van der Waals surface area contributed by atoms with Crippen LogP contribution in [0.3, 0.4) is 0 Å². The molecule has 0 saturated carbocycles. The van der Waals surface area contributed by atoms with Crippen LogP contribution >= 0.6 is 11.6 Å². The first-order valence-electron chi connectivity index (χ1n) is 5.05. The van der Waals surface area contributed by atoms with E-state index in [0.717, 1.165) is 12.1 Å². The molecule has 4 nitrogen and oxygen atoms in total. The lowest BCUT2D eigenvalue weighted by Gasteiger charge is -2.13. The molecule has 0 atom stereocenters. The number of benzene rings is 1. The normalized spacial score (nSPS) is 11.6. The molecule has 0 aliphatic carbocycles. The van der Waals surface area contributed by atoms with Crippen LogP contribution in [0.15, 0.2) is 30.6 Å². The third kappa shape index (κ3) is 2.70. The Kier molecular flexibility index (Phi) is 3.23. The number of aromatic nitrogens is 2. The van der Waals surface area contributed by atoms with Crippen LogP contribution in [0.5, 0.6) is 0 Å². The summed E-state index contributed by atoms with van der Waals surface area (Å²) in [6.45, 7) is 0. The summed E-state index contributed by atoms with van der Waals surface area (Å²) in [5, 5.41) is 11.5. The molecule has 0 amide bonds. The first-order chi connectivity index (χ1) is 8.79. The highest BCUT2D eigenvalue weighted by molar-refractivity contribution is 6.30. The Bertz CT molecular complexity index is 633. The van der Waals surface area contributed by atoms with Crippen molar-refractivity contribution in [2.24, 2.45) is 5.73 Å². The molecule has 0 aliphatic rings. The van der Waals surface area contributed by atoms with Gasteiger partial charge in [0, 0.05) is 11.8 Å². The van der Waals surface area contributed by atoms with E-state index in [2.05, 4.69) is 5.10 Å². The van der Waals surface area contributed by atoms with Gasteiger partial charge in [0.25, 0.3) is 0 Å². The summed E-state index contributed by atoms with van der Waals surface area (Å²) in [5.74, 6) is -0.660. The summed E-state index contributed by atoms with van der Waals surface area (Å²) in [7, 11) is 0. The number of hydrogen-bond donors (Lipinski definition) is 2. The Morgan fingerprint density at radius 2 is 2.05 bits per heavy atom. The van der Waals surface area contributed by atoms with Gasteiger partial charge in [-0.2, -0.15) is 18.3 Å². The van der Waals surface area contributed by atoms with Gasteiger partial charge in [0.1, 0.15) is 5.84 Å². The average molecular weight is 289 g/mol. The number of nitrogen functional groups attached to an aromatic ring is 1. The zero-order valence-corrected chi connectivity index (χ0v) is 10.1. The summed E-state index contributed by atoms with van der Waals surface area (Å²) in [6.07, 6.45) is -1.78. The fourth-order valence-electron chi connectivity index (χ4n) is 1.59. The molecule has 0 bridgehead atoms. The molecule has 1 heterocycles. The van der Waals surface area contributed by atoms with E-state index in [9.17, 15) is 13.2 Å². The fraction of sp³-hybridized carbons (Fsp3) is 0.0909. The summed E-state index contributed by atoms with van der Waals surface area (Å²) >= 11 is 5.69. The Balaban J connectivity index is 2.57. The van der Waals surface area contributed by atoms with Crippen LogP contribution in [0.4, 0.5) is 13.2 Å². The molecule has 1 aromatic carbocycles. The van der Waals surface area contributed by atoms with Crippen LogP contribution in [0.1, 0.15) is 11.1 Å². The van der Waals surface area contributed by atoms with E-state index in [0.29, 0.717) is 10.7 Å². The minimum Gasteiger partial charge on any atom is -0.384 e. The number of alkyl halides is 3. The molecule has 100 valence electrons. The highest BCUT2D eigenvalue weighted by Gasteiger charge is 2.34. The summed E-state index contributed by atoms with van der Waals surface area (Å²) in [6, 6.07) is 3.24. The van der Waals surface area contributed by atoms with E-state index in [-0.39, 0.29) is 0 Å². The van der Waals surface area contributed by atoms with Gasteiger partial charge < -0.3 is 5.73 Å². The molecule has 0 radical (unpaired) electrons. The van der Waals surface area contributed by atoms with Gasteiger partial charge in [-0.15, -0.1) is 0 Å². The molecule has 3 N–H and O–H groups in total. The minimum absolute atomic E-state index is 0.338. The molecular weight excluding hydrogens is 281 g/mol. The Morgan fingerprint density at radius 1 is 1.37 bits per heavy atom. The van der Waals surface area contributed by atoms with E-state index in [1.165, 1.54) is 23.1 Å². The van der Waals surface area contributed by atoms with Crippen LogP contribution in [0.25, 0.3) is 5.69 Å². The topological polar surface area (TPSA) is 67.7 Å². The van der Waals surface area contributed by atoms with Crippen molar-refractivity contribution in [2.75, 3.05) is 0 Å². The number of hydrogen-bond acceptors (Lipinski definition) is 2. The van der Waals surface area contributed by atoms with Gasteiger partial charge in [0.2, 0.25) is 0 Å². The molecule has 8 heteroatoms. The van der Waals surface area contributed by atoms with Crippen molar-refractivity contribution in [3.63, 3.8) is 0 Å². The minimum atomic E-state index is -4.57. The molecule has 0 saturated heterocycles. The quantitative estimate of drug-likeness (QED) is 0.659. The Morgan fingerprint density at radius 3 is 2.53 bits per heavy atom.